The largest absolute Gasteiger partial charge is 0.477 e. The summed E-state index contributed by atoms with van der Waals surface area (Å²) >= 11 is 6.01. The van der Waals surface area contributed by atoms with Gasteiger partial charge in [0, 0.05) is 17.6 Å². The smallest absolute Gasteiger partial charge is 0.354 e. The van der Waals surface area contributed by atoms with Gasteiger partial charge in [-0.1, -0.05) is 29.8 Å². The van der Waals surface area contributed by atoms with Crippen LogP contribution >= 0.6 is 11.6 Å². The summed E-state index contributed by atoms with van der Waals surface area (Å²) in [4.78, 5) is 17.2. The van der Waals surface area contributed by atoms with E-state index in [9.17, 15) is 4.79 Å². The molecule has 0 aliphatic carbocycles. The van der Waals surface area contributed by atoms with E-state index in [2.05, 4.69) is 16.8 Å². The fourth-order valence-electron chi connectivity index (χ4n) is 2.10. The third-order valence-electron chi connectivity index (χ3n) is 3.43. The summed E-state index contributed by atoms with van der Waals surface area (Å²) in [7, 11) is 1.97. The molecule has 1 aromatic heterocycles. The summed E-state index contributed by atoms with van der Waals surface area (Å²) in [6, 6.07) is 12.9. The molecule has 2 rings (SSSR count). The second-order valence-electron chi connectivity index (χ2n) is 4.97. The first-order valence-electron chi connectivity index (χ1n) is 6.62. The lowest BCUT2D eigenvalue weighted by atomic mass is 10.1. The SMILES string of the molecule is CC(c1cccc(Cl)c1)N(C)Cc1cccc(C(=O)O)n1. The Hall–Kier alpha value is -1.91. The number of hydrogen-bond acceptors (Lipinski definition) is 3. The summed E-state index contributed by atoms with van der Waals surface area (Å²) in [6.45, 7) is 2.64. The number of aromatic carboxylic acids is 1. The molecule has 1 N–H and O–H groups in total. The van der Waals surface area contributed by atoms with E-state index in [0.717, 1.165) is 11.3 Å². The van der Waals surface area contributed by atoms with Crippen molar-refractivity contribution in [3.05, 3.63) is 64.4 Å². The van der Waals surface area contributed by atoms with E-state index in [1.165, 1.54) is 6.07 Å². The van der Waals surface area contributed by atoms with Gasteiger partial charge in [-0.15, -0.1) is 0 Å². The molecular formula is C16H17ClN2O2. The van der Waals surface area contributed by atoms with Gasteiger partial charge in [-0.05, 0) is 43.8 Å². The minimum atomic E-state index is -1.01. The Kier molecular flexibility index (Phi) is 4.94. The van der Waals surface area contributed by atoms with Crippen molar-refractivity contribution in [3.63, 3.8) is 0 Å². The normalized spacial score (nSPS) is 12.4. The van der Waals surface area contributed by atoms with Crippen LogP contribution in [-0.4, -0.2) is 28.0 Å². The zero-order valence-electron chi connectivity index (χ0n) is 12.0. The van der Waals surface area contributed by atoms with E-state index in [4.69, 9.17) is 16.7 Å². The molecule has 1 aromatic carbocycles. The number of nitrogens with zero attached hydrogens (tertiary/aromatic N) is 2. The van der Waals surface area contributed by atoms with E-state index >= 15 is 0 Å². The predicted molar refractivity (Wildman–Crippen MR) is 82.5 cm³/mol. The Morgan fingerprint density at radius 2 is 2.05 bits per heavy atom. The van der Waals surface area contributed by atoms with Gasteiger partial charge in [0.05, 0.1) is 5.69 Å². The van der Waals surface area contributed by atoms with Gasteiger partial charge in [0.2, 0.25) is 0 Å². The van der Waals surface area contributed by atoms with Gasteiger partial charge >= 0.3 is 5.97 Å². The second kappa shape index (κ2) is 6.70. The van der Waals surface area contributed by atoms with Crippen molar-refractivity contribution < 1.29 is 9.90 Å². The van der Waals surface area contributed by atoms with Crippen LogP contribution in [0, 0.1) is 0 Å². The van der Waals surface area contributed by atoms with E-state index in [1.54, 1.807) is 6.07 Å². The first kappa shape index (κ1) is 15.5. The molecule has 0 fully saturated rings. The molecule has 4 nitrogen and oxygen atoms in total. The lowest BCUT2D eigenvalue weighted by Gasteiger charge is -2.25. The van der Waals surface area contributed by atoms with E-state index < -0.39 is 5.97 Å². The Bertz CT molecular complexity index is 646. The maximum atomic E-state index is 10.9. The first-order valence-corrected chi connectivity index (χ1v) is 7.00. The van der Waals surface area contributed by atoms with Gasteiger partial charge in [0.15, 0.2) is 0 Å². The number of benzene rings is 1. The summed E-state index contributed by atoms with van der Waals surface area (Å²) in [5.74, 6) is -1.01. The van der Waals surface area contributed by atoms with Crippen molar-refractivity contribution in [1.82, 2.24) is 9.88 Å². The topological polar surface area (TPSA) is 53.4 Å². The molecule has 0 spiro atoms. The first-order chi connectivity index (χ1) is 9.97. The molecule has 0 bridgehead atoms. The number of hydrogen-bond donors (Lipinski definition) is 1. The zero-order valence-corrected chi connectivity index (χ0v) is 12.7. The van der Waals surface area contributed by atoms with Crippen molar-refractivity contribution in [2.45, 2.75) is 19.5 Å². The predicted octanol–water partition coefficient (Wildman–Crippen LogP) is 3.63. The third kappa shape index (κ3) is 4.03. The summed E-state index contributed by atoms with van der Waals surface area (Å²) in [6.07, 6.45) is 0. The number of aromatic nitrogens is 1. The maximum absolute atomic E-state index is 10.9. The van der Waals surface area contributed by atoms with Gasteiger partial charge in [0.1, 0.15) is 5.69 Å². The van der Waals surface area contributed by atoms with Gasteiger partial charge in [0.25, 0.3) is 0 Å². The fraction of sp³-hybridized carbons (Fsp3) is 0.250. The van der Waals surface area contributed by atoms with Gasteiger partial charge in [-0.25, -0.2) is 9.78 Å². The molecule has 110 valence electrons. The zero-order chi connectivity index (χ0) is 15.4. The van der Waals surface area contributed by atoms with Crippen molar-refractivity contribution >= 4 is 17.6 Å². The van der Waals surface area contributed by atoms with Crippen molar-refractivity contribution in [1.29, 1.82) is 0 Å². The molecule has 0 saturated carbocycles. The molecule has 0 radical (unpaired) electrons. The summed E-state index contributed by atoms with van der Waals surface area (Å²) in [5.41, 5.74) is 1.90. The average Bonchev–Trinajstić information content (AvgIpc) is 2.46. The third-order valence-corrected chi connectivity index (χ3v) is 3.66. The molecule has 0 saturated heterocycles. The highest BCUT2D eigenvalue weighted by Gasteiger charge is 2.14. The standard InChI is InChI=1S/C16H17ClN2O2/c1-11(12-5-3-6-13(17)9-12)19(2)10-14-7-4-8-15(18-14)16(20)21/h3-9,11H,10H2,1-2H3,(H,20,21). The van der Waals surface area contributed by atoms with E-state index in [1.807, 2.05) is 37.4 Å². The highest BCUT2D eigenvalue weighted by molar-refractivity contribution is 6.30. The Morgan fingerprint density at radius 1 is 1.33 bits per heavy atom. The second-order valence-corrected chi connectivity index (χ2v) is 5.40. The molecule has 0 aliphatic heterocycles. The van der Waals surface area contributed by atoms with Crippen molar-refractivity contribution in [2.24, 2.45) is 0 Å². The molecule has 0 aliphatic rings. The lowest BCUT2D eigenvalue weighted by Crippen LogP contribution is -2.22. The van der Waals surface area contributed by atoms with E-state index in [0.29, 0.717) is 11.6 Å². The Morgan fingerprint density at radius 3 is 2.71 bits per heavy atom. The monoisotopic (exact) mass is 304 g/mol. The van der Waals surface area contributed by atoms with Crippen LogP contribution in [0.25, 0.3) is 0 Å². The molecule has 1 heterocycles. The molecule has 21 heavy (non-hydrogen) atoms. The number of pyridine rings is 1. The minimum Gasteiger partial charge on any atom is -0.477 e. The molecule has 0 amide bonds. The quantitative estimate of drug-likeness (QED) is 0.916. The highest BCUT2D eigenvalue weighted by Crippen LogP contribution is 2.23. The van der Waals surface area contributed by atoms with Crippen LogP contribution in [0.15, 0.2) is 42.5 Å². The molecule has 1 atom stereocenters. The van der Waals surface area contributed by atoms with Gasteiger partial charge in [-0.2, -0.15) is 0 Å². The summed E-state index contributed by atoms with van der Waals surface area (Å²) in [5, 5.41) is 9.68. The minimum absolute atomic E-state index is 0.0660. The van der Waals surface area contributed by atoms with Gasteiger partial charge in [-0.3, -0.25) is 4.90 Å². The maximum Gasteiger partial charge on any atom is 0.354 e. The van der Waals surface area contributed by atoms with Gasteiger partial charge < -0.3 is 5.11 Å². The van der Waals surface area contributed by atoms with Crippen LogP contribution in [0.2, 0.25) is 5.02 Å². The Balaban J connectivity index is 2.12. The van der Waals surface area contributed by atoms with Crippen molar-refractivity contribution in [2.75, 3.05) is 7.05 Å². The van der Waals surface area contributed by atoms with Crippen LogP contribution in [-0.2, 0) is 6.54 Å². The highest BCUT2D eigenvalue weighted by atomic mass is 35.5. The number of carboxylic acids is 1. The van der Waals surface area contributed by atoms with E-state index in [-0.39, 0.29) is 11.7 Å². The lowest BCUT2D eigenvalue weighted by molar-refractivity contribution is 0.0690. The van der Waals surface area contributed by atoms with Crippen LogP contribution in [0.5, 0.6) is 0 Å². The molecular weight excluding hydrogens is 288 g/mol. The number of halogens is 1. The fourth-order valence-corrected chi connectivity index (χ4v) is 2.30. The molecule has 5 heteroatoms. The summed E-state index contributed by atoms with van der Waals surface area (Å²) < 4.78 is 0. The van der Waals surface area contributed by atoms with Crippen molar-refractivity contribution in [3.8, 4) is 0 Å². The number of carboxylic acid groups (broad SMARTS) is 1. The number of carbonyl (C=O) groups is 1. The molecule has 2 aromatic rings. The number of rotatable bonds is 5. The Labute approximate surface area is 129 Å². The molecule has 1 unspecified atom stereocenters. The van der Waals surface area contributed by atoms with Crippen LogP contribution in [0.1, 0.15) is 34.7 Å². The van der Waals surface area contributed by atoms with Crippen LogP contribution in [0.3, 0.4) is 0 Å². The average molecular weight is 305 g/mol. The van der Waals surface area contributed by atoms with Crippen LogP contribution in [0.4, 0.5) is 0 Å². The van der Waals surface area contributed by atoms with Crippen LogP contribution < -0.4 is 0 Å².